The molecule has 3 atom stereocenters. The van der Waals surface area contributed by atoms with E-state index in [1.54, 1.807) is 0 Å². The molecule has 2 heteroatoms. The molecule has 2 heterocycles. The second-order valence-corrected chi connectivity index (χ2v) is 6.77. The molecular formula is C15H30N2. The zero-order valence-electron chi connectivity index (χ0n) is 12.1. The van der Waals surface area contributed by atoms with Gasteiger partial charge in [-0.05, 0) is 56.5 Å². The zero-order valence-corrected chi connectivity index (χ0v) is 12.1. The maximum absolute atomic E-state index is 3.58. The van der Waals surface area contributed by atoms with E-state index < -0.39 is 0 Å². The van der Waals surface area contributed by atoms with Crippen molar-refractivity contribution in [3.8, 4) is 0 Å². The summed E-state index contributed by atoms with van der Waals surface area (Å²) in [5.74, 6) is 1.67. The molecule has 0 aliphatic carbocycles. The minimum Gasteiger partial charge on any atom is -0.316 e. The van der Waals surface area contributed by atoms with Crippen LogP contribution in [0.5, 0.6) is 0 Å². The minimum absolute atomic E-state index is 0.533. The van der Waals surface area contributed by atoms with Gasteiger partial charge in [0.1, 0.15) is 0 Å². The first-order valence-electron chi connectivity index (χ1n) is 7.50. The highest BCUT2D eigenvalue weighted by Gasteiger charge is 2.40. The first-order valence-corrected chi connectivity index (χ1v) is 7.50. The lowest BCUT2D eigenvalue weighted by Crippen LogP contribution is -2.50. The molecule has 2 aliphatic heterocycles. The van der Waals surface area contributed by atoms with Gasteiger partial charge in [-0.1, -0.05) is 20.8 Å². The van der Waals surface area contributed by atoms with Crippen molar-refractivity contribution in [2.24, 2.45) is 17.3 Å². The predicted molar refractivity (Wildman–Crippen MR) is 74.2 cm³/mol. The molecule has 0 aromatic heterocycles. The molecule has 0 spiro atoms. The summed E-state index contributed by atoms with van der Waals surface area (Å²) in [6.07, 6.45) is 4.18. The maximum Gasteiger partial charge on any atom is 0.00928 e. The van der Waals surface area contributed by atoms with E-state index in [1.807, 2.05) is 0 Å². The van der Waals surface area contributed by atoms with Gasteiger partial charge in [-0.15, -0.1) is 0 Å². The number of piperidine rings is 1. The van der Waals surface area contributed by atoms with E-state index >= 15 is 0 Å². The average Bonchev–Trinajstić information content (AvgIpc) is 2.75. The van der Waals surface area contributed by atoms with Gasteiger partial charge in [0.05, 0.1) is 0 Å². The fourth-order valence-electron chi connectivity index (χ4n) is 3.62. The minimum atomic E-state index is 0.533. The van der Waals surface area contributed by atoms with Gasteiger partial charge in [0.15, 0.2) is 0 Å². The molecule has 2 nitrogen and oxygen atoms in total. The number of rotatable bonds is 3. The van der Waals surface area contributed by atoms with Crippen molar-refractivity contribution < 1.29 is 0 Å². The Kier molecular flexibility index (Phi) is 4.14. The molecule has 2 rings (SSSR count). The molecular weight excluding hydrogens is 208 g/mol. The third-order valence-electron chi connectivity index (χ3n) is 5.52. The van der Waals surface area contributed by atoms with Gasteiger partial charge in [-0.25, -0.2) is 0 Å². The summed E-state index contributed by atoms with van der Waals surface area (Å²) < 4.78 is 0. The van der Waals surface area contributed by atoms with Crippen LogP contribution in [-0.2, 0) is 0 Å². The van der Waals surface area contributed by atoms with Crippen LogP contribution in [0.15, 0.2) is 0 Å². The molecule has 0 bridgehead atoms. The van der Waals surface area contributed by atoms with Crippen molar-refractivity contribution in [1.82, 2.24) is 10.2 Å². The van der Waals surface area contributed by atoms with Crippen molar-refractivity contribution in [2.75, 3.05) is 26.2 Å². The van der Waals surface area contributed by atoms with Crippen LogP contribution >= 0.6 is 0 Å². The van der Waals surface area contributed by atoms with Crippen LogP contribution in [0.1, 0.15) is 47.0 Å². The van der Waals surface area contributed by atoms with Crippen LogP contribution in [0.3, 0.4) is 0 Å². The summed E-state index contributed by atoms with van der Waals surface area (Å²) in [4.78, 5) is 2.77. The quantitative estimate of drug-likeness (QED) is 0.813. The fraction of sp³-hybridized carbons (Fsp3) is 1.00. The number of hydrogen-bond acceptors (Lipinski definition) is 2. The molecule has 2 fully saturated rings. The van der Waals surface area contributed by atoms with Crippen LogP contribution in [0.4, 0.5) is 0 Å². The highest BCUT2D eigenvalue weighted by Crippen LogP contribution is 2.37. The zero-order chi connectivity index (χ0) is 12.5. The standard InChI is InChI=1S/C15H30N2/c1-12(2)15(7-8-16-10-15)11-17-9-5-6-13(3)14(17)4/h12-14,16H,5-11H2,1-4H3. The highest BCUT2D eigenvalue weighted by atomic mass is 15.2. The molecule has 2 saturated heterocycles. The molecule has 0 aromatic carbocycles. The van der Waals surface area contributed by atoms with Gasteiger partial charge >= 0.3 is 0 Å². The Bertz CT molecular complexity index is 243. The Balaban J connectivity index is 2.02. The van der Waals surface area contributed by atoms with Gasteiger partial charge in [0.25, 0.3) is 0 Å². The van der Waals surface area contributed by atoms with E-state index in [9.17, 15) is 0 Å². The van der Waals surface area contributed by atoms with E-state index in [1.165, 1.54) is 45.4 Å². The summed E-state index contributed by atoms with van der Waals surface area (Å²) in [6, 6.07) is 0.778. The third-order valence-corrected chi connectivity index (χ3v) is 5.52. The van der Waals surface area contributed by atoms with Crippen molar-refractivity contribution >= 4 is 0 Å². The number of hydrogen-bond donors (Lipinski definition) is 1. The van der Waals surface area contributed by atoms with Crippen LogP contribution in [0.2, 0.25) is 0 Å². The van der Waals surface area contributed by atoms with Crippen molar-refractivity contribution in [3.05, 3.63) is 0 Å². The van der Waals surface area contributed by atoms with Gasteiger partial charge in [0, 0.05) is 19.1 Å². The van der Waals surface area contributed by atoms with Gasteiger partial charge in [-0.3, -0.25) is 4.90 Å². The highest BCUT2D eigenvalue weighted by molar-refractivity contribution is 4.94. The summed E-state index contributed by atoms with van der Waals surface area (Å²) in [7, 11) is 0. The number of likely N-dealkylation sites (tertiary alicyclic amines) is 1. The number of nitrogens with one attached hydrogen (secondary N) is 1. The second kappa shape index (κ2) is 5.27. The van der Waals surface area contributed by atoms with Crippen molar-refractivity contribution in [2.45, 2.75) is 53.0 Å². The number of nitrogens with zero attached hydrogens (tertiary/aromatic N) is 1. The van der Waals surface area contributed by atoms with E-state index in [4.69, 9.17) is 0 Å². The average molecular weight is 238 g/mol. The van der Waals surface area contributed by atoms with Crippen molar-refractivity contribution in [1.29, 1.82) is 0 Å². The lowest BCUT2D eigenvalue weighted by atomic mass is 9.75. The first-order chi connectivity index (χ1) is 8.05. The molecule has 0 saturated carbocycles. The third kappa shape index (κ3) is 2.68. The fourth-order valence-corrected chi connectivity index (χ4v) is 3.62. The van der Waals surface area contributed by atoms with Crippen LogP contribution < -0.4 is 5.32 Å². The summed E-state index contributed by atoms with van der Waals surface area (Å²) >= 11 is 0. The van der Waals surface area contributed by atoms with Crippen LogP contribution in [0, 0.1) is 17.3 Å². The van der Waals surface area contributed by atoms with E-state index in [0.29, 0.717) is 5.41 Å². The molecule has 0 amide bonds. The van der Waals surface area contributed by atoms with Crippen molar-refractivity contribution in [3.63, 3.8) is 0 Å². The molecule has 3 unspecified atom stereocenters. The lowest BCUT2D eigenvalue weighted by Gasteiger charge is -2.44. The maximum atomic E-state index is 3.58. The smallest absolute Gasteiger partial charge is 0.00928 e. The molecule has 0 aromatic rings. The van der Waals surface area contributed by atoms with E-state index in [2.05, 4.69) is 37.9 Å². The molecule has 1 N–H and O–H groups in total. The molecule has 17 heavy (non-hydrogen) atoms. The Hall–Kier alpha value is -0.0800. The second-order valence-electron chi connectivity index (χ2n) is 6.77. The first kappa shape index (κ1) is 13.4. The van der Waals surface area contributed by atoms with Crippen LogP contribution in [0.25, 0.3) is 0 Å². The summed E-state index contributed by atoms with van der Waals surface area (Å²) in [6.45, 7) is 14.7. The Labute approximate surface area is 107 Å². The monoisotopic (exact) mass is 238 g/mol. The molecule has 100 valence electrons. The van der Waals surface area contributed by atoms with Crippen LogP contribution in [-0.4, -0.2) is 37.1 Å². The van der Waals surface area contributed by atoms with Gasteiger partial charge < -0.3 is 5.32 Å². The topological polar surface area (TPSA) is 15.3 Å². The lowest BCUT2D eigenvalue weighted by molar-refractivity contribution is 0.0458. The SMILES string of the molecule is CC1CCCN(CC2(C(C)C)CCNC2)C1C. The molecule has 2 aliphatic rings. The molecule has 0 radical (unpaired) electrons. The predicted octanol–water partition coefficient (Wildman–Crippen LogP) is 2.74. The van der Waals surface area contributed by atoms with E-state index in [-0.39, 0.29) is 0 Å². The Morgan fingerprint density at radius 2 is 2.12 bits per heavy atom. The van der Waals surface area contributed by atoms with Gasteiger partial charge in [-0.2, -0.15) is 0 Å². The van der Waals surface area contributed by atoms with E-state index in [0.717, 1.165) is 17.9 Å². The Morgan fingerprint density at radius 3 is 2.71 bits per heavy atom. The largest absolute Gasteiger partial charge is 0.316 e. The van der Waals surface area contributed by atoms with Gasteiger partial charge in [0.2, 0.25) is 0 Å². The normalized spacial score (nSPS) is 40.1. The summed E-state index contributed by atoms with van der Waals surface area (Å²) in [5, 5.41) is 3.58. The summed E-state index contributed by atoms with van der Waals surface area (Å²) in [5.41, 5.74) is 0.533. The Morgan fingerprint density at radius 1 is 1.35 bits per heavy atom.